The topological polar surface area (TPSA) is 143 Å². The lowest BCUT2D eigenvalue weighted by atomic mass is 9.95. The van der Waals surface area contributed by atoms with Gasteiger partial charge in [0.1, 0.15) is 17.4 Å². The van der Waals surface area contributed by atoms with E-state index in [0.29, 0.717) is 50.2 Å². The molecule has 10 heteroatoms. The maximum atomic E-state index is 12.0. The van der Waals surface area contributed by atoms with Crippen LogP contribution in [-0.2, 0) is 16.0 Å². The second-order valence-electron chi connectivity index (χ2n) is 5.76. The number of nitrogens with zero attached hydrogens (tertiary/aromatic N) is 6. The average molecular weight is 334 g/mol. The molecule has 2 rings (SSSR count). The maximum Gasteiger partial charge on any atom is 0.152 e. The monoisotopic (exact) mass is 334 g/mol. The molecule has 130 valence electrons. The number of rotatable bonds is 12. The van der Waals surface area contributed by atoms with Crippen molar-refractivity contribution in [3.05, 3.63) is 11.6 Å². The third kappa shape index (κ3) is 5.94. The number of unbranched alkanes of at least 4 members (excludes halogenated alkanes) is 1. The molecule has 0 aliphatic carbocycles. The summed E-state index contributed by atoms with van der Waals surface area (Å²) in [6.07, 6.45) is 4.52. The van der Waals surface area contributed by atoms with Gasteiger partial charge < -0.3 is 0 Å². The van der Waals surface area contributed by atoms with E-state index in [9.17, 15) is 9.59 Å². The zero-order chi connectivity index (χ0) is 17.2. The predicted molar refractivity (Wildman–Crippen MR) is 82.8 cm³/mol. The number of nitrogens with one attached hydrogen (secondary N) is 2. The van der Waals surface area contributed by atoms with Crippen LogP contribution in [-0.4, -0.2) is 52.8 Å². The van der Waals surface area contributed by atoms with Crippen LogP contribution >= 0.6 is 0 Å². The Morgan fingerprint density at radius 2 is 1.67 bits per heavy atom. The Balaban J connectivity index is 1.79. The molecule has 10 nitrogen and oxygen atoms in total. The van der Waals surface area contributed by atoms with Gasteiger partial charge in [-0.1, -0.05) is 13.3 Å². The molecule has 2 heterocycles. The number of Topliss-reactive ketones (excluding diaryl/α,β-unsaturated/α-hetero) is 2. The highest BCUT2D eigenvalue weighted by Gasteiger charge is 2.19. The summed E-state index contributed by atoms with van der Waals surface area (Å²) in [4.78, 5) is 23.7. The Labute approximate surface area is 139 Å². The first-order valence-electron chi connectivity index (χ1n) is 8.18. The molecule has 0 aliphatic rings. The Kier molecular flexibility index (Phi) is 7.12. The zero-order valence-electron chi connectivity index (χ0n) is 13.7. The van der Waals surface area contributed by atoms with E-state index in [1.54, 1.807) is 0 Å². The van der Waals surface area contributed by atoms with Gasteiger partial charge in [0.15, 0.2) is 5.82 Å². The summed E-state index contributed by atoms with van der Waals surface area (Å²) in [6.45, 7) is 2.04. The fourth-order valence-corrected chi connectivity index (χ4v) is 2.41. The average Bonchev–Trinajstić information content (AvgIpc) is 3.27. The number of ketones is 2. The van der Waals surface area contributed by atoms with Crippen molar-refractivity contribution in [2.45, 2.75) is 64.2 Å². The summed E-state index contributed by atoms with van der Waals surface area (Å²) >= 11 is 0. The third-order valence-corrected chi connectivity index (χ3v) is 3.84. The second-order valence-corrected chi connectivity index (χ2v) is 5.76. The van der Waals surface area contributed by atoms with Crippen LogP contribution in [0.2, 0.25) is 0 Å². The van der Waals surface area contributed by atoms with Crippen molar-refractivity contribution in [2.75, 3.05) is 0 Å². The molecule has 0 saturated carbocycles. The molecule has 0 aromatic carbocycles. The highest BCUT2D eigenvalue weighted by atomic mass is 16.1. The molecule has 0 amide bonds. The van der Waals surface area contributed by atoms with Crippen LogP contribution in [0.5, 0.6) is 0 Å². The molecule has 2 aromatic heterocycles. The van der Waals surface area contributed by atoms with Gasteiger partial charge >= 0.3 is 0 Å². The van der Waals surface area contributed by atoms with Crippen LogP contribution in [0.15, 0.2) is 0 Å². The van der Waals surface area contributed by atoms with Gasteiger partial charge in [-0.05, 0) is 33.7 Å². The van der Waals surface area contributed by atoms with E-state index in [1.807, 2.05) is 6.92 Å². The van der Waals surface area contributed by atoms with Gasteiger partial charge in [-0.3, -0.25) is 9.59 Å². The molecular weight excluding hydrogens is 312 g/mol. The SMILES string of the molecule is CCCCC(=O)CCC(=O)CCC(Cc1nnn[nH]1)c1nnn[nH]1. The van der Waals surface area contributed by atoms with E-state index < -0.39 is 0 Å². The normalized spacial score (nSPS) is 12.2. The van der Waals surface area contributed by atoms with Gasteiger partial charge in [-0.15, -0.1) is 10.2 Å². The number of tetrazole rings is 2. The molecule has 0 radical (unpaired) electrons. The van der Waals surface area contributed by atoms with Gasteiger partial charge in [0.05, 0.1) is 0 Å². The number of carbonyl (C=O) groups excluding carboxylic acids is 2. The number of hydrogen-bond donors (Lipinski definition) is 2. The minimum atomic E-state index is -0.0884. The van der Waals surface area contributed by atoms with Crippen molar-refractivity contribution < 1.29 is 9.59 Å². The van der Waals surface area contributed by atoms with E-state index in [4.69, 9.17) is 0 Å². The van der Waals surface area contributed by atoms with Crippen molar-refractivity contribution in [3.8, 4) is 0 Å². The number of aromatic amines is 2. The molecule has 0 spiro atoms. The number of aromatic nitrogens is 8. The number of carbonyl (C=O) groups is 2. The molecule has 0 aliphatic heterocycles. The Bertz CT molecular complexity index is 611. The maximum absolute atomic E-state index is 12.0. The molecule has 1 unspecified atom stereocenters. The van der Waals surface area contributed by atoms with Gasteiger partial charge in [-0.2, -0.15) is 0 Å². The lowest BCUT2D eigenvalue weighted by molar-refractivity contribution is -0.124. The van der Waals surface area contributed by atoms with Gasteiger partial charge in [0.2, 0.25) is 0 Å². The standard InChI is InChI=1S/C14H22N8O2/c1-2-3-4-11(23)7-8-12(24)6-5-10(14-17-21-22-18-14)9-13-15-19-20-16-13/h10H,2-9H2,1H3,(H,15,16,19,20)(H,17,18,21,22). The minimum absolute atomic E-state index is 0.0769. The zero-order valence-corrected chi connectivity index (χ0v) is 13.7. The summed E-state index contributed by atoms with van der Waals surface area (Å²) in [5, 5.41) is 27.4. The lowest BCUT2D eigenvalue weighted by Gasteiger charge is -2.11. The first-order valence-corrected chi connectivity index (χ1v) is 8.18. The van der Waals surface area contributed by atoms with Crippen molar-refractivity contribution in [2.24, 2.45) is 0 Å². The molecule has 0 saturated heterocycles. The first kappa shape index (κ1) is 17.8. The molecule has 0 bridgehead atoms. The lowest BCUT2D eigenvalue weighted by Crippen LogP contribution is -2.11. The third-order valence-electron chi connectivity index (χ3n) is 3.84. The second kappa shape index (κ2) is 9.58. The van der Waals surface area contributed by atoms with Crippen molar-refractivity contribution in [1.29, 1.82) is 0 Å². The highest BCUT2D eigenvalue weighted by Crippen LogP contribution is 2.21. The molecule has 1 atom stereocenters. The van der Waals surface area contributed by atoms with Crippen molar-refractivity contribution in [1.82, 2.24) is 41.2 Å². The van der Waals surface area contributed by atoms with E-state index in [1.165, 1.54) is 0 Å². The largest absolute Gasteiger partial charge is 0.300 e. The van der Waals surface area contributed by atoms with Crippen LogP contribution in [0, 0.1) is 0 Å². The molecule has 0 fully saturated rings. The van der Waals surface area contributed by atoms with Crippen molar-refractivity contribution >= 4 is 11.6 Å². The van der Waals surface area contributed by atoms with E-state index in [-0.39, 0.29) is 17.5 Å². The molecular formula is C14H22N8O2. The Morgan fingerprint density at radius 1 is 0.958 bits per heavy atom. The van der Waals surface area contributed by atoms with Crippen molar-refractivity contribution in [3.63, 3.8) is 0 Å². The fraction of sp³-hybridized carbons (Fsp3) is 0.714. The first-order chi connectivity index (χ1) is 11.7. The van der Waals surface area contributed by atoms with Crippen LogP contribution in [0.1, 0.15) is 69.4 Å². The summed E-state index contributed by atoms with van der Waals surface area (Å²) in [7, 11) is 0. The van der Waals surface area contributed by atoms with Gasteiger partial charge in [-0.25, -0.2) is 10.2 Å². The van der Waals surface area contributed by atoms with E-state index in [0.717, 1.165) is 12.8 Å². The number of H-pyrrole nitrogens is 2. The smallest absolute Gasteiger partial charge is 0.152 e. The van der Waals surface area contributed by atoms with E-state index >= 15 is 0 Å². The van der Waals surface area contributed by atoms with Gasteiger partial charge in [0.25, 0.3) is 0 Å². The molecule has 24 heavy (non-hydrogen) atoms. The summed E-state index contributed by atoms with van der Waals surface area (Å²) in [5.41, 5.74) is 0. The van der Waals surface area contributed by atoms with Crippen LogP contribution in [0.25, 0.3) is 0 Å². The fourth-order valence-electron chi connectivity index (χ4n) is 2.41. The quantitative estimate of drug-likeness (QED) is 0.583. The predicted octanol–water partition coefficient (Wildman–Crippen LogP) is 0.928. The van der Waals surface area contributed by atoms with Crippen LogP contribution in [0.3, 0.4) is 0 Å². The van der Waals surface area contributed by atoms with Crippen LogP contribution in [0.4, 0.5) is 0 Å². The Morgan fingerprint density at radius 3 is 2.29 bits per heavy atom. The molecule has 2 aromatic rings. The summed E-state index contributed by atoms with van der Waals surface area (Å²) in [5.74, 6) is 1.35. The molecule has 2 N–H and O–H groups in total. The number of hydrogen-bond acceptors (Lipinski definition) is 8. The van der Waals surface area contributed by atoms with Crippen LogP contribution < -0.4 is 0 Å². The van der Waals surface area contributed by atoms with Gasteiger partial charge in [0, 0.05) is 38.0 Å². The van der Waals surface area contributed by atoms with E-state index in [2.05, 4.69) is 41.2 Å². The summed E-state index contributed by atoms with van der Waals surface area (Å²) in [6, 6.07) is 0. The highest BCUT2D eigenvalue weighted by molar-refractivity contribution is 5.85. The summed E-state index contributed by atoms with van der Waals surface area (Å²) < 4.78 is 0. The Hall–Kier alpha value is -2.52. The minimum Gasteiger partial charge on any atom is -0.300 e.